The maximum atomic E-state index is 12.2. The second-order valence-electron chi connectivity index (χ2n) is 5.68. The van der Waals surface area contributed by atoms with E-state index in [1.807, 2.05) is 17.0 Å². The molecule has 1 aliphatic heterocycles. The molecule has 4 nitrogen and oxygen atoms in total. The summed E-state index contributed by atoms with van der Waals surface area (Å²) in [5.41, 5.74) is 0.506. The van der Waals surface area contributed by atoms with Gasteiger partial charge in [-0.3, -0.25) is 4.79 Å². The van der Waals surface area contributed by atoms with Gasteiger partial charge >= 0.3 is 0 Å². The Bertz CT molecular complexity index is 463. The van der Waals surface area contributed by atoms with Gasteiger partial charge in [0, 0.05) is 19.2 Å². The lowest BCUT2D eigenvalue weighted by molar-refractivity contribution is 0.0678. The molecule has 2 fully saturated rings. The molecule has 19 heavy (non-hydrogen) atoms. The highest BCUT2D eigenvalue weighted by Crippen LogP contribution is 2.30. The Morgan fingerprint density at radius 3 is 2.74 bits per heavy atom. The molecule has 3 rings (SSSR count). The summed E-state index contributed by atoms with van der Waals surface area (Å²) in [6.45, 7) is 3.93. The van der Waals surface area contributed by atoms with E-state index in [9.17, 15) is 4.79 Å². The molecule has 1 saturated carbocycles. The minimum Gasteiger partial charge on any atom is -0.474 e. The van der Waals surface area contributed by atoms with Gasteiger partial charge in [-0.2, -0.15) is 0 Å². The number of carbonyl (C=O) groups is 1. The van der Waals surface area contributed by atoms with E-state index in [0.29, 0.717) is 11.6 Å². The second kappa shape index (κ2) is 5.19. The standard InChI is InChI=1S/C15H20N2O2/c1-11-9-12(10-11)19-14-6-4-5-13(16-14)15(18)17-7-2-3-8-17/h4-6,11-12H,2-3,7-10H2,1H3. The first-order valence-electron chi connectivity index (χ1n) is 7.15. The molecule has 102 valence electrons. The Morgan fingerprint density at radius 1 is 1.32 bits per heavy atom. The number of likely N-dealkylation sites (tertiary alicyclic amines) is 1. The van der Waals surface area contributed by atoms with Crippen molar-refractivity contribution in [2.24, 2.45) is 5.92 Å². The van der Waals surface area contributed by atoms with Gasteiger partial charge in [-0.05, 0) is 37.7 Å². The van der Waals surface area contributed by atoms with Crippen LogP contribution in [0.5, 0.6) is 5.88 Å². The number of hydrogen-bond acceptors (Lipinski definition) is 3. The van der Waals surface area contributed by atoms with Crippen molar-refractivity contribution in [3.8, 4) is 5.88 Å². The lowest BCUT2D eigenvalue weighted by Crippen LogP contribution is -2.32. The van der Waals surface area contributed by atoms with Crippen LogP contribution in [0.4, 0.5) is 0 Å². The third kappa shape index (κ3) is 2.72. The quantitative estimate of drug-likeness (QED) is 0.838. The monoisotopic (exact) mass is 260 g/mol. The summed E-state index contributed by atoms with van der Waals surface area (Å²) in [6, 6.07) is 5.47. The third-order valence-electron chi connectivity index (χ3n) is 3.95. The summed E-state index contributed by atoms with van der Waals surface area (Å²) < 4.78 is 5.79. The van der Waals surface area contributed by atoms with Gasteiger partial charge < -0.3 is 9.64 Å². The van der Waals surface area contributed by atoms with E-state index in [4.69, 9.17) is 4.74 Å². The van der Waals surface area contributed by atoms with Gasteiger partial charge in [-0.1, -0.05) is 13.0 Å². The maximum Gasteiger partial charge on any atom is 0.272 e. The summed E-state index contributed by atoms with van der Waals surface area (Å²) in [5, 5.41) is 0. The van der Waals surface area contributed by atoms with Crippen molar-refractivity contribution in [3.63, 3.8) is 0 Å². The first-order chi connectivity index (χ1) is 9.22. The van der Waals surface area contributed by atoms with Crippen molar-refractivity contribution in [3.05, 3.63) is 23.9 Å². The molecule has 0 spiro atoms. The highest BCUT2D eigenvalue weighted by molar-refractivity contribution is 5.92. The van der Waals surface area contributed by atoms with E-state index in [0.717, 1.165) is 44.7 Å². The van der Waals surface area contributed by atoms with Crippen LogP contribution in [0.15, 0.2) is 18.2 Å². The minimum atomic E-state index is 0.0323. The molecule has 2 aliphatic rings. The van der Waals surface area contributed by atoms with E-state index >= 15 is 0 Å². The van der Waals surface area contributed by atoms with Gasteiger partial charge in [0.25, 0.3) is 5.91 Å². The molecule has 0 unspecified atom stereocenters. The fourth-order valence-electron chi connectivity index (χ4n) is 2.78. The first-order valence-corrected chi connectivity index (χ1v) is 7.15. The number of ether oxygens (including phenoxy) is 1. The zero-order chi connectivity index (χ0) is 13.2. The summed E-state index contributed by atoms with van der Waals surface area (Å²) in [5.74, 6) is 1.37. The van der Waals surface area contributed by atoms with Crippen LogP contribution in [0.2, 0.25) is 0 Å². The summed E-state index contributed by atoms with van der Waals surface area (Å²) in [7, 11) is 0. The Labute approximate surface area is 113 Å². The van der Waals surface area contributed by atoms with E-state index in [1.165, 1.54) is 0 Å². The number of hydrogen-bond donors (Lipinski definition) is 0. The first kappa shape index (κ1) is 12.5. The fraction of sp³-hybridized carbons (Fsp3) is 0.600. The number of pyridine rings is 1. The summed E-state index contributed by atoms with van der Waals surface area (Å²) in [4.78, 5) is 18.5. The molecule has 0 bridgehead atoms. The Hall–Kier alpha value is -1.58. The Morgan fingerprint density at radius 2 is 2.05 bits per heavy atom. The van der Waals surface area contributed by atoms with Crippen LogP contribution >= 0.6 is 0 Å². The molecular formula is C15H20N2O2. The molecule has 0 aromatic carbocycles. The second-order valence-corrected chi connectivity index (χ2v) is 5.68. The maximum absolute atomic E-state index is 12.2. The fourth-order valence-corrected chi connectivity index (χ4v) is 2.78. The third-order valence-corrected chi connectivity index (χ3v) is 3.95. The zero-order valence-corrected chi connectivity index (χ0v) is 11.3. The number of nitrogens with zero attached hydrogens (tertiary/aromatic N) is 2. The molecular weight excluding hydrogens is 240 g/mol. The number of amides is 1. The molecule has 1 aromatic heterocycles. The van der Waals surface area contributed by atoms with E-state index in [2.05, 4.69) is 11.9 Å². The van der Waals surface area contributed by atoms with Crippen molar-refractivity contribution in [2.45, 2.75) is 38.7 Å². The lowest BCUT2D eigenvalue weighted by Gasteiger charge is -2.32. The van der Waals surface area contributed by atoms with Crippen LogP contribution in [0, 0.1) is 5.92 Å². The minimum absolute atomic E-state index is 0.0323. The normalized spacial score (nSPS) is 26.1. The van der Waals surface area contributed by atoms with Gasteiger partial charge in [0.2, 0.25) is 5.88 Å². The highest BCUT2D eigenvalue weighted by Gasteiger charge is 2.28. The predicted octanol–water partition coefficient (Wildman–Crippen LogP) is 2.49. The topological polar surface area (TPSA) is 42.4 Å². The average molecular weight is 260 g/mol. The lowest BCUT2D eigenvalue weighted by atomic mass is 9.84. The smallest absolute Gasteiger partial charge is 0.272 e. The summed E-state index contributed by atoms with van der Waals surface area (Å²) >= 11 is 0. The molecule has 2 heterocycles. The molecule has 1 amide bonds. The molecule has 0 radical (unpaired) electrons. The Kier molecular flexibility index (Phi) is 3.40. The molecule has 1 aromatic rings. The van der Waals surface area contributed by atoms with E-state index in [1.54, 1.807) is 6.07 Å². The van der Waals surface area contributed by atoms with Crippen LogP contribution < -0.4 is 4.74 Å². The van der Waals surface area contributed by atoms with Crippen LogP contribution in [0.1, 0.15) is 43.1 Å². The SMILES string of the molecule is CC1CC(Oc2cccc(C(=O)N3CCCC3)n2)C1. The zero-order valence-electron chi connectivity index (χ0n) is 11.3. The van der Waals surface area contributed by atoms with Gasteiger partial charge in [-0.25, -0.2) is 4.98 Å². The van der Waals surface area contributed by atoms with Gasteiger partial charge in [0.1, 0.15) is 11.8 Å². The Balaban J connectivity index is 1.67. The number of rotatable bonds is 3. The van der Waals surface area contributed by atoms with Gasteiger partial charge in [0.05, 0.1) is 0 Å². The molecule has 1 saturated heterocycles. The molecule has 0 atom stereocenters. The largest absolute Gasteiger partial charge is 0.474 e. The van der Waals surface area contributed by atoms with Crippen LogP contribution in [0.3, 0.4) is 0 Å². The van der Waals surface area contributed by atoms with Crippen molar-refractivity contribution in [1.82, 2.24) is 9.88 Å². The van der Waals surface area contributed by atoms with Crippen molar-refractivity contribution in [2.75, 3.05) is 13.1 Å². The van der Waals surface area contributed by atoms with Crippen molar-refractivity contribution >= 4 is 5.91 Å². The average Bonchev–Trinajstić information content (AvgIpc) is 2.90. The van der Waals surface area contributed by atoms with E-state index in [-0.39, 0.29) is 12.0 Å². The molecule has 0 N–H and O–H groups in total. The highest BCUT2D eigenvalue weighted by atomic mass is 16.5. The number of aromatic nitrogens is 1. The predicted molar refractivity (Wildman–Crippen MR) is 72.2 cm³/mol. The van der Waals surface area contributed by atoms with Gasteiger partial charge in [-0.15, -0.1) is 0 Å². The van der Waals surface area contributed by atoms with Crippen molar-refractivity contribution < 1.29 is 9.53 Å². The van der Waals surface area contributed by atoms with Crippen molar-refractivity contribution in [1.29, 1.82) is 0 Å². The van der Waals surface area contributed by atoms with Crippen LogP contribution in [-0.2, 0) is 0 Å². The van der Waals surface area contributed by atoms with Crippen LogP contribution in [-0.4, -0.2) is 35.0 Å². The molecule has 4 heteroatoms. The van der Waals surface area contributed by atoms with Gasteiger partial charge in [0.15, 0.2) is 0 Å². The van der Waals surface area contributed by atoms with Crippen LogP contribution in [0.25, 0.3) is 0 Å². The molecule has 1 aliphatic carbocycles. The summed E-state index contributed by atoms with van der Waals surface area (Å²) in [6.07, 6.45) is 4.65. The van der Waals surface area contributed by atoms with E-state index < -0.39 is 0 Å². The number of carbonyl (C=O) groups excluding carboxylic acids is 1.